The van der Waals surface area contributed by atoms with Crippen molar-refractivity contribution in [3.05, 3.63) is 143 Å². The summed E-state index contributed by atoms with van der Waals surface area (Å²) in [4.78, 5) is 37.1. The maximum atomic E-state index is 12.1. The fraction of sp³-hybridized carbons (Fsp3) is 0.311. The van der Waals surface area contributed by atoms with Crippen LogP contribution in [0.15, 0.2) is 127 Å². The van der Waals surface area contributed by atoms with Crippen LogP contribution in [-0.4, -0.2) is 56.9 Å². The third kappa shape index (κ3) is 9.57. The van der Waals surface area contributed by atoms with E-state index in [1.54, 1.807) is 25.2 Å². The van der Waals surface area contributed by atoms with Gasteiger partial charge in [0.1, 0.15) is 6.61 Å². The van der Waals surface area contributed by atoms with Crippen LogP contribution in [0.25, 0.3) is 11.3 Å². The first-order valence-corrected chi connectivity index (χ1v) is 19.3. The van der Waals surface area contributed by atoms with E-state index in [4.69, 9.17) is 14.5 Å². The second-order valence-electron chi connectivity index (χ2n) is 13.5. The summed E-state index contributed by atoms with van der Waals surface area (Å²) in [5.41, 5.74) is 9.60. The number of hydrogen-bond donors (Lipinski definition) is 0. The Morgan fingerprint density at radius 1 is 0.852 bits per heavy atom. The summed E-state index contributed by atoms with van der Waals surface area (Å²) in [5, 5.41) is 0.981. The fourth-order valence-electron chi connectivity index (χ4n) is 6.49. The highest BCUT2D eigenvalue weighted by atomic mass is 32.1. The molecule has 1 aliphatic rings. The number of ether oxygens (including phenoxy) is 2. The molecule has 0 saturated carbocycles. The molecular weight excluding hydrogens is 693 g/mol. The first-order chi connectivity index (χ1) is 26.0. The predicted octanol–water partition coefficient (Wildman–Crippen LogP) is 9.90. The molecule has 0 saturated heterocycles. The molecule has 3 aromatic carbocycles. The topological polar surface area (TPSA) is 75.2 Å². The third-order valence-electron chi connectivity index (χ3n) is 9.52. The molecule has 0 bridgehead atoms. The van der Waals surface area contributed by atoms with E-state index in [-0.39, 0.29) is 25.2 Å². The molecule has 0 spiro atoms. The summed E-state index contributed by atoms with van der Waals surface area (Å²) >= 11 is 1.75. The number of hydrogen-bond acceptors (Lipinski definition) is 9. The second-order valence-corrected chi connectivity index (χ2v) is 14.6. The van der Waals surface area contributed by atoms with E-state index in [9.17, 15) is 9.59 Å². The molecule has 8 nitrogen and oxygen atoms in total. The Balaban J connectivity index is 1.58. The van der Waals surface area contributed by atoms with Crippen molar-refractivity contribution in [1.29, 1.82) is 0 Å². The van der Waals surface area contributed by atoms with Gasteiger partial charge < -0.3 is 24.2 Å². The highest BCUT2D eigenvalue weighted by molar-refractivity contribution is 7.16. The monoisotopic (exact) mass is 744 g/mol. The molecule has 5 rings (SSSR count). The van der Waals surface area contributed by atoms with Crippen LogP contribution < -0.4 is 14.7 Å². The number of carbonyl (C=O) groups excluding carboxylic acids is 2. The number of aromatic nitrogens is 1. The van der Waals surface area contributed by atoms with Crippen molar-refractivity contribution >= 4 is 39.8 Å². The van der Waals surface area contributed by atoms with E-state index in [0.717, 1.165) is 69.7 Å². The SMILES string of the molecule is C=C(C)C(=O)OCCN(CC)c1ccc(C(c2ccc(N(C)COC(=O)C(=C)C)cc2)c2sc(N(CC)C3=C(C)C=CCC3)nc2-c2ccccc2)cc1. The zero-order valence-corrected chi connectivity index (χ0v) is 33.2. The van der Waals surface area contributed by atoms with Crippen LogP contribution in [0.4, 0.5) is 16.5 Å². The molecule has 54 heavy (non-hydrogen) atoms. The maximum absolute atomic E-state index is 12.1. The van der Waals surface area contributed by atoms with Gasteiger partial charge in [-0.15, -0.1) is 0 Å². The summed E-state index contributed by atoms with van der Waals surface area (Å²) in [6, 6.07) is 27.6. The summed E-state index contributed by atoms with van der Waals surface area (Å²) in [5.74, 6) is -0.921. The minimum Gasteiger partial charge on any atom is -0.460 e. The molecule has 0 N–H and O–H groups in total. The maximum Gasteiger partial charge on any atom is 0.334 e. The third-order valence-corrected chi connectivity index (χ3v) is 10.7. The summed E-state index contributed by atoms with van der Waals surface area (Å²) in [6.45, 7) is 19.7. The van der Waals surface area contributed by atoms with Crippen LogP contribution >= 0.6 is 11.3 Å². The minimum atomic E-state index is -0.415. The van der Waals surface area contributed by atoms with Crippen molar-refractivity contribution in [3.8, 4) is 11.3 Å². The van der Waals surface area contributed by atoms with Crippen LogP contribution in [0, 0.1) is 0 Å². The summed E-state index contributed by atoms with van der Waals surface area (Å²) in [6.07, 6.45) is 6.46. The number of rotatable bonds is 17. The van der Waals surface area contributed by atoms with Crippen LogP contribution in [-0.2, 0) is 19.1 Å². The number of allylic oxidation sites excluding steroid dienone is 4. The van der Waals surface area contributed by atoms with Gasteiger partial charge in [-0.1, -0.05) is 91.2 Å². The lowest BCUT2D eigenvalue weighted by atomic mass is 9.87. The molecule has 1 atom stereocenters. The average molecular weight is 745 g/mol. The highest BCUT2D eigenvalue weighted by Gasteiger charge is 2.28. The van der Waals surface area contributed by atoms with Crippen LogP contribution in [0.1, 0.15) is 69.4 Å². The number of esters is 2. The molecule has 4 aromatic rings. The predicted molar refractivity (Wildman–Crippen MR) is 223 cm³/mol. The Hall–Kier alpha value is -5.41. The van der Waals surface area contributed by atoms with Crippen molar-refractivity contribution in [2.45, 2.75) is 53.4 Å². The number of nitrogens with zero attached hydrogens (tertiary/aromatic N) is 4. The molecule has 0 radical (unpaired) electrons. The van der Waals surface area contributed by atoms with Crippen LogP contribution in [0.2, 0.25) is 0 Å². The van der Waals surface area contributed by atoms with Gasteiger partial charge in [-0.25, -0.2) is 14.6 Å². The van der Waals surface area contributed by atoms with Crippen molar-refractivity contribution in [2.24, 2.45) is 0 Å². The zero-order chi connectivity index (χ0) is 38.8. The Morgan fingerprint density at radius 3 is 2.04 bits per heavy atom. The number of carbonyl (C=O) groups is 2. The molecular formula is C45H52N4O4S. The van der Waals surface area contributed by atoms with Crippen molar-refractivity contribution < 1.29 is 19.1 Å². The van der Waals surface area contributed by atoms with Gasteiger partial charge in [-0.05, 0) is 88.4 Å². The number of benzene rings is 3. The highest BCUT2D eigenvalue weighted by Crippen LogP contribution is 2.45. The average Bonchev–Trinajstić information content (AvgIpc) is 3.61. The molecule has 0 amide bonds. The summed E-state index contributed by atoms with van der Waals surface area (Å²) in [7, 11) is 1.90. The Labute approximate surface area is 324 Å². The Morgan fingerprint density at radius 2 is 1.46 bits per heavy atom. The van der Waals surface area contributed by atoms with E-state index < -0.39 is 5.97 Å². The van der Waals surface area contributed by atoms with Gasteiger partial charge in [0.05, 0.1) is 12.2 Å². The molecule has 1 aromatic heterocycles. The van der Waals surface area contributed by atoms with E-state index in [0.29, 0.717) is 17.7 Å². The van der Waals surface area contributed by atoms with E-state index in [2.05, 4.69) is 129 Å². The molecule has 282 valence electrons. The quantitative estimate of drug-likeness (QED) is 0.0601. The molecule has 9 heteroatoms. The van der Waals surface area contributed by atoms with E-state index in [1.165, 1.54) is 11.3 Å². The van der Waals surface area contributed by atoms with Gasteiger partial charge in [-0.2, -0.15) is 0 Å². The lowest BCUT2D eigenvalue weighted by Gasteiger charge is -2.26. The lowest BCUT2D eigenvalue weighted by Crippen LogP contribution is -2.28. The molecule has 1 unspecified atom stereocenters. The van der Waals surface area contributed by atoms with Gasteiger partial charge in [0.2, 0.25) is 0 Å². The van der Waals surface area contributed by atoms with Gasteiger partial charge in [0.25, 0.3) is 0 Å². The number of thiazole rings is 1. The van der Waals surface area contributed by atoms with E-state index >= 15 is 0 Å². The van der Waals surface area contributed by atoms with Gasteiger partial charge in [0.15, 0.2) is 11.9 Å². The minimum absolute atomic E-state index is 0.115. The number of likely N-dealkylation sites (N-methyl/N-ethyl adjacent to an activating group) is 1. The molecule has 1 heterocycles. The summed E-state index contributed by atoms with van der Waals surface area (Å²) < 4.78 is 10.8. The van der Waals surface area contributed by atoms with E-state index in [1.807, 2.05) is 18.0 Å². The first-order valence-electron chi connectivity index (χ1n) is 18.5. The fourth-order valence-corrected chi connectivity index (χ4v) is 7.82. The van der Waals surface area contributed by atoms with Gasteiger partial charge >= 0.3 is 11.9 Å². The Bertz CT molecular complexity index is 2000. The van der Waals surface area contributed by atoms with Crippen molar-refractivity contribution in [3.63, 3.8) is 0 Å². The normalized spacial score (nSPS) is 12.9. The largest absolute Gasteiger partial charge is 0.460 e. The molecule has 1 aliphatic carbocycles. The van der Waals surface area contributed by atoms with Crippen molar-refractivity contribution in [2.75, 3.05) is 54.7 Å². The van der Waals surface area contributed by atoms with Gasteiger partial charge in [0, 0.05) is 64.7 Å². The standard InChI is InChI=1S/C45H52N4O4S/c1-9-48(28-29-52-43(50)31(3)4)38-26-22-35(23-27-38)40(34-20-24-37(25-21-34)47(8)30-53-44(51)32(5)6)42-41(36-17-12-11-13-18-36)46-45(54-42)49(10-2)39-19-15-14-16-33(39)7/h11-14,16-18,20-27,40H,3,5,9-10,15,19,28-30H2,1-2,4,6-8H3. The Kier molecular flexibility index (Phi) is 13.7. The smallest absolute Gasteiger partial charge is 0.334 e. The lowest BCUT2D eigenvalue weighted by molar-refractivity contribution is -0.139. The molecule has 0 fully saturated rings. The molecule has 0 aliphatic heterocycles. The second kappa shape index (κ2) is 18.6. The van der Waals surface area contributed by atoms with Crippen molar-refractivity contribution in [1.82, 2.24) is 4.98 Å². The van der Waals surface area contributed by atoms with Gasteiger partial charge in [-0.3, -0.25) is 0 Å². The zero-order valence-electron chi connectivity index (χ0n) is 32.4. The van der Waals surface area contributed by atoms with Crippen LogP contribution in [0.3, 0.4) is 0 Å². The number of anilines is 3. The first kappa shape index (κ1) is 39.8. The van der Waals surface area contributed by atoms with Crippen LogP contribution in [0.5, 0.6) is 0 Å².